The molecule has 0 aliphatic carbocycles. The number of fused-ring (bicyclic) bond motifs is 2. The Morgan fingerprint density at radius 1 is 0.974 bits per heavy atom. The van der Waals surface area contributed by atoms with Crippen molar-refractivity contribution < 1.29 is 19.2 Å². The summed E-state index contributed by atoms with van der Waals surface area (Å²) in [6, 6.07) is 20.8. The fourth-order valence-corrected chi connectivity index (χ4v) is 4.22. The number of nitro benzene ring substituents is 1. The van der Waals surface area contributed by atoms with Gasteiger partial charge in [0.15, 0.2) is 5.75 Å². The van der Waals surface area contributed by atoms with Crippen LogP contribution in [0.1, 0.15) is 21.6 Å². The number of rotatable bonds is 7. The van der Waals surface area contributed by atoms with Crippen molar-refractivity contribution in [3.63, 3.8) is 0 Å². The summed E-state index contributed by atoms with van der Waals surface area (Å²) in [6.45, 7) is 0.335. The number of hydrogen-bond acceptors (Lipinski definition) is 7. The van der Waals surface area contributed by atoms with E-state index < -0.39 is 4.92 Å². The molecule has 4 aromatic rings. The van der Waals surface area contributed by atoms with Crippen LogP contribution < -0.4 is 20.7 Å². The zero-order valence-corrected chi connectivity index (χ0v) is 20.4. The first kappa shape index (κ1) is 24.4. The smallest absolute Gasteiger partial charge is 0.310 e. The molecule has 0 radical (unpaired) electrons. The van der Waals surface area contributed by atoms with Gasteiger partial charge in [-0.25, -0.2) is 0 Å². The maximum atomic E-state index is 13.0. The minimum atomic E-state index is -0.499. The number of anilines is 3. The Balaban J connectivity index is 1.35. The van der Waals surface area contributed by atoms with Gasteiger partial charge in [0.25, 0.3) is 5.91 Å². The Morgan fingerprint density at radius 2 is 1.79 bits per heavy atom. The van der Waals surface area contributed by atoms with Crippen LogP contribution in [0.3, 0.4) is 0 Å². The minimum absolute atomic E-state index is 0.126. The largest absolute Gasteiger partial charge is 0.490 e. The first-order valence-electron chi connectivity index (χ1n) is 11.8. The van der Waals surface area contributed by atoms with Crippen LogP contribution >= 0.6 is 0 Å². The fraction of sp³-hybridized carbons (Fsp3) is 0.107. The second kappa shape index (κ2) is 10.4. The molecule has 0 unspecified atom stereocenters. The van der Waals surface area contributed by atoms with Gasteiger partial charge in [0.05, 0.1) is 53.3 Å². The third kappa shape index (κ3) is 5.14. The molecule has 0 saturated heterocycles. The highest BCUT2D eigenvalue weighted by molar-refractivity contribution is 6.12. The van der Waals surface area contributed by atoms with Crippen molar-refractivity contribution in [1.82, 2.24) is 10.3 Å². The highest BCUT2D eigenvalue weighted by Gasteiger charge is 2.21. The second-order valence-corrected chi connectivity index (χ2v) is 8.64. The lowest BCUT2D eigenvalue weighted by Crippen LogP contribution is -2.25. The van der Waals surface area contributed by atoms with E-state index in [-0.39, 0.29) is 29.7 Å². The van der Waals surface area contributed by atoms with Gasteiger partial charge in [-0.1, -0.05) is 18.2 Å². The molecule has 0 spiro atoms. The van der Waals surface area contributed by atoms with Gasteiger partial charge in [0, 0.05) is 12.3 Å². The summed E-state index contributed by atoms with van der Waals surface area (Å²) in [5.41, 5.74) is 5.09. The normalized spacial score (nSPS) is 11.8. The maximum absolute atomic E-state index is 13.0. The zero-order valence-electron chi connectivity index (χ0n) is 20.4. The Labute approximate surface area is 217 Å². The van der Waals surface area contributed by atoms with E-state index >= 15 is 0 Å². The summed E-state index contributed by atoms with van der Waals surface area (Å²) in [4.78, 5) is 40.4. The quantitative estimate of drug-likeness (QED) is 0.240. The van der Waals surface area contributed by atoms with E-state index in [0.29, 0.717) is 34.7 Å². The van der Waals surface area contributed by atoms with E-state index in [1.165, 1.54) is 13.2 Å². The Morgan fingerprint density at radius 3 is 2.55 bits per heavy atom. The molecule has 2 amide bonds. The number of amides is 2. The molecular formula is C28H23N5O5. The second-order valence-electron chi connectivity index (χ2n) is 8.64. The van der Waals surface area contributed by atoms with Crippen LogP contribution in [-0.2, 0) is 17.8 Å². The molecule has 1 aliphatic heterocycles. The van der Waals surface area contributed by atoms with E-state index in [1.54, 1.807) is 36.5 Å². The summed E-state index contributed by atoms with van der Waals surface area (Å²) < 4.78 is 5.19. The van der Waals surface area contributed by atoms with Gasteiger partial charge < -0.3 is 20.7 Å². The molecular weight excluding hydrogens is 486 g/mol. The SMILES string of the molecule is COc1cc(-c2ccc3c(c2)Nc2ccc(CC(=O)NCc4ccccn4)cc2NC3=O)ccc1[N+](=O)[O-]. The maximum Gasteiger partial charge on any atom is 0.310 e. The predicted octanol–water partition coefficient (Wildman–Crippen LogP) is 4.83. The summed E-state index contributed by atoms with van der Waals surface area (Å²) in [7, 11) is 1.38. The third-order valence-electron chi connectivity index (χ3n) is 6.13. The molecule has 38 heavy (non-hydrogen) atoms. The highest BCUT2D eigenvalue weighted by Crippen LogP contribution is 2.37. The first-order valence-corrected chi connectivity index (χ1v) is 11.8. The average molecular weight is 510 g/mol. The first-order chi connectivity index (χ1) is 18.4. The van der Waals surface area contributed by atoms with Gasteiger partial charge in [-0.2, -0.15) is 0 Å². The van der Waals surface area contributed by atoms with Crippen molar-refractivity contribution in [3.8, 4) is 16.9 Å². The monoisotopic (exact) mass is 509 g/mol. The van der Waals surface area contributed by atoms with Crippen LogP contribution in [0.15, 0.2) is 79.0 Å². The van der Waals surface area contributed by atoms with Crippen LogP contribution in [-0.4, -0.2) is 28.8 Å². The van der Waals surface area contributed by atoms with Crippen LogP contribution in [0.5, 0.6) is 5.75 Å². The number of aromatic nitrogens is 1. The number of nitrogens with one attached hydrogen (secondary N) is 3. The average Bonchev–Trinajstić information content (AvgIpc) is 3.06. The number of carbonyl (C=O) groups is 2. The van der Waals surface area contributed by atoms with Gasteiger partial charge in [0.2, 0.25) is 5.91 Å². The molecule has 0 saturated carbocycles. The number of methoxy groups -OCH3 is 1. The van der Waals surface area contributed by atoms with Crippen LogP contribution in [0.25, 0.3) is 11.1 Å². The number of ether oxygens (including phenoxy) is 1. The van der Waals surface area contributed by atoms with Gasteiger partial charge >= 0.3 is 5.69 Å². The molecule has 0 bridgehead atoms. The minimum Gasteiger partial charge on any atom is -0.490 e. The standard InChI is InChI=1S/C28H23N5O5/c1-38-26-15-19(7-10-25(26)33(36)37)18-6-8-21-23(14-18)31-22-9-5-17(12-24(22)32-28(21)35)13-27(34)30-16-20-4-2-3-11-29-20/h2-12,14-15,31H,13,16H2,1H3,(H,30,34)(H,32,35). The van der Waals surface area contributed by atoms with Gasteiger partial charge in [0.1, 0.15) is 0 Å². The Bertz CT molecular complexity index is 1560. The lowest BCUT2D eigenvalue weighted by Gasteiger charge is -2.12. The van der Waals surface area contributed by atoms with Gasteiger partial charge in [-0.3, -0.25) is 24.7 Å². The van der Waals surface area contributed by atoms with Gasteiger partial charge in [-0.05, 0) is 65.2 Å². The van der Waals surface area contributed by atoms with Crippen molar-refractivity contribution in [2.75, 3.05) is 17.7 Å². The Kier molecular flexibility index (Phi) is 6.68. The number of benzene rings is 3. The number of nitrogens with zero attached hydrogens (tertiary/aromatic N) is 2. The van der Waals surface area contributed by atoms with Crippen molar-refractivity contribution in [2.45, 2.75) is 13.0 Å². The number of nitro groups is 1. The van der Waals surface area contributed by atoms with Crippen molar-refractivity contribution in [2.24, 2.45) is 0 Å². The van der Waals surface area contributed by atoms with Crippen LogP contribution in [0.2, 0.25) is 0 Å². The molecule has 10 heteroatoms. The zero-order chi connectivity index (χ0) is 26.6. The molecule has 0 fully saturated rings. The Hall–Kier alpha value is -5.25. The summed E-state index contributed by atoms with van der Waals surface area (Å²) in [5.74, 6) is -0.305. The highest BCUT2D eigenvalue weighted by atomic mass is 16.6. The number of pyridine rings is 1. The van der Waals surface area contributed by atoms with Crippen molar-refractivity contribution >= 4 is 34.6 Å². The molecule has 10 nitrogen and oxygen atoms in total. The molecule has 3 aromatic carbocycles. The van der Waals surface area contributed by atoms with E-state index in [4.69, 9.17) is 4.74 Å². The lowest BCUT2D eigenvalue weighted by atomic mass is 10.0. The van der Waals surface area contributed by atoms with Gasteiger partial charge in [-0.15, -0.1) is 0 Å². The molecule has 0 atom stereocenters. The molecule has 2 heterocycles. The summed E-state index contributed by atoms with van der Waals surface area (Å²) in [6.07, 6.45) is 1.82. The molecule has 1 aliphatic rings. The van der Waals surface area contributed by atoms with Crippen molar-refractivity contribution in [3.05, 3.63) is 106 Å². The van der Waals surface area contributed by atoms with Crippen LogP contribution in [0.4, 0.5) is 22.7 Å². The van der Waals surface area contributed by atoms with E-state index in [0.717, 1.165) is 16.8 Å². The summed E-state index contributed by atoms with van der Waals surface area (Å²) >= 11 is 0. The molecule has 5 rings (SSSR count). The van der Waals surface area contributed by atoms with E-state index in [9.17, 15) is 19.7 Å². The predicted molar refractivity (Wildman–Crippen MR) is 143 cm³/mol. The number of hydrogen-bond donors (Lipinski definition) is 3. The summed E-state index contributed by atoms with van der Waals surface area (Å²) in [5, 5.41) is 20.3. The topological polar surface area (TPSA) is 135 Å². The van der Waals surface area contributed by atoms with Crippen LogP contribution in [0, 0.1) is 10.1 Å². The third-order valence-corrected chi connectivity index (χ3v) is 6.13. The molecule has 1 aromatic heterocycles. The van der Waals surface area contributed by atoms with E-state index in [2.05, 4.69) is 20.9 Å². The number of carbonyl (C=O) groups excluding carboxylic acids is 2. The molecule has 190 valence electrons. The van der Waals surface area contributed by atoms with E-state index in [1.807, 2.05) is 36.4 Å². The van der Waals surface area contributed by atoms with Crippen molar-refractivity contribution in [1.29, 1.82) is 0 Å². The fourth-order valence-electron chi connectivity index (χ4n) is 4.22. The lowest BCUT2D eigenvalue weighted by molar-refractivity contribution is -0.385. The molecule has 3 N–H and O–H groups in total.